The Morgan fingerprint density at radius 2 is 0.953 bits per heavy atom. The van der Waals surface area contributed by atoms with Crippen LogP contribution in [0.15, 0.2) is 11.6 Å². The number of hydrogen-bond donors (Lipinski definition) is 0. The van der Waals surface area contributed by atoms with Crippen molar-refractivity contribution in [3.8, 4) is 0 Å². The molecule has 6 fully saturated rings. The highest BCUT2D eigenvalue weighted by atomic mass is 16.5. The maximum atomic E-state index is 5.14. The Labute approximate surface area is 271 Å². The summed E-state index contributed by atoms with van der Waals surface area (Å²) in [4.78, 5) is 2.36. The van der Waals surface area contributed by atoms with Gasteiger partial charge in [-0.25, -0.2) is 0 Å². The van der Waals surface area contributed by atoms with Crippen LogP contribution in [0.5, 0.6) is 0 Å². The number of likely N-dealkylation sites (tertiary alicyclic amines) is 1. The Hall–Kier alpha value is -0.380. The topological polar surface area (TPSA) is 21.7 Å². The van der Waals surface area contributed by atoms with E-state index in [1.54, 1.807) is 5.57 Å². The van der Waals surface area contributed by atoms with Crippen molar-refractivity contribution in [1.29, 1.82) is 0 Å². The van der Waals surface area contributed by atoms with E-state index in [-0.39, 0.29) is 0 Å². The summed E-state index contributed by atoms with van der Waals surface area (Å²) in [7, 11) is 2.17. The lowest BCUT2D eigenvalue weighted by molar-refractivity contribution is 0.0716. The van der Waals surface area contributed by atoms with Gasteiger partial charge in [0.05, 0.1) is 0 Å². The fourth-order valence-electron chi connectivity index (χ4n) is 6.22. The molecule has 0 bridgehead atoms. The molecule has 1 atom stereocenters. The molecule has 3 aliphatic heterocycles. The van der Waals surface area contributed by atoms with Gasteiger partial charge in [0.25, 0.3) is 0 Å². The van der Waals surface area contributed by atoms with Gasteiger partial charge in [0.15, 0.2) is 0 Å². The quantitative estimate of drug-likeness (QED) is 0.256. The lowest BCUT2D eigenvalue weighted by Gasteiger charge is -2.18. The molecule has 3 heterocycles. The van der Waals surface area contributed by atoms with Gasteiger partial charge in [0.1, 0.15) is 0 Å². The summed E-state index contributed by atoms with van der Waals surface area (Å²) in [6, 6.07) is 0. The third-order valence-corrected chi connectivity index (χ3v) is 10.2. The molecule has 256 valence electrons. The molecule has 3 saturated carbocycles. The molecule has 7 rings (SSSR count). The maximum Gasteiger partial charge on any atom is 0.0492 e. The minimum atomic E-state index is 0.824. The highest BCUT2D eigenvalue weighted by molar-refractivity contribution is 5.03. The van der Waals surface area contributed by atoms with Crippen molar-refractivity contribution in [2.24, 2.45) is 29.6 Å². The standard InChI is InChI=1S/C7H14.C6H12O.C6H12.C6H10.C5H11N.C5H10O.C5H10/c1-7-5-3-2-4-6-7;1-6-2-4-7-5-3-6;3*1-6-4-2-3-5-6;1-5-2-3-6-4-5;1-5-3-2-4-5/h7H,2-6H2,1H3;6H,2-5H2,1H3;6H,2-5H2,1H3;4H,2-3,5H2,1H3;2-5H2,1H3;5H,2-4H2,1H3;5H,2-4H2,1H3/t;;;;;5-;/m.....0./s1. The first kappa shape index (κ1) is 40.6. The molecule has 4 aliphatic carbocycles. The normalized spacial score (nSPS) is 26.1. The van der Waals surface area contributed by atoms with Crippen LogP contribution in [0, 0.1) is 29.6 Å². The van der Waals surface area contributed by atoms with Crippen LogP contribution in [-0.4, -0.2) is 51.5 Å². The highest BCUT2D eigenvalue weighted by Gasteiger charge is 2.10. The minimum Gasteiger partial charge on any atom is -0.381 e. The van der Waals surface area contributed by atoms with E-state index in [9.17, 15) is 0 Å². The van der Waals surface area contributed by atoms with Crippen molar-refractivity contribution in [2.75, 3.05) is 46.6 Å². The average Bonchev–Trinajstić information content (AvgIpc) is 3.83. The molecular weight excluding hydrogens is 526 g/mol. The number of rotatable bonds is 0. The van der Waals surface area contributed by atoms with Crippen molar-refractivity contribution in [3.63, 3.8) is 0 Å². The zero-order valence-corrected chi connectivity index (χ0v) is 30.6. The number of allylic oxidation sites excluding steroid dienone is 2. The van der Waals surface area contributed by atoms with Crippen LogP contribution in [0.1, 0.15) is 170 Å². The Balaban J connectivity index is 0.000000251. The molecule has 0 aromatic heterocycles. The first-order valence-corrected chi connectivity index (χ1v) is 19.3. The molecule has 0 radical (unpaired) electrons. The van der Waals surface area contributed by atoms with Crippen LogP contribution < -0.4 is 0 Å². The van der Waals surface area contributed by atoms with E-state index in [1.165, 1.54) is 142 Å². The van der Waals surface area contributed by atoms with Gasteiger partial charge >= 0.3 is 0 Å². The first-order chi connectivity index (χ1) is 20.8. The largest absolute Gasteiger partial charge is 0.381 e. The predicted molar refractivity (Wildman–Crippen MR) is 191 cm³/mol. The smallest absolute Gasteiger partial charge is 0.0492 e. The maximum absolute atomic E-state index is 5.14. The van der Waals surface area contributed by atoms with Gasteiger partial charge in [-0.05, 0) is 108 Å². The second kappa shape index (κ2) is 27.9. The third-order valence-electron chi connectivity index (χ3n) is 10.2. The summed E-state index contributed by atoms with van der Waals surface area (Å²) in [5.41, 5.74) is 1.58. The third kappa shape index (κ3) is 26.5. The first-order valence-electron chi connectivity index (χ1n) is 19.3. The zero-order valence-electron chi connectivity index (χ0n) is 30.6. The van der Waals surface area contributed by atoms with Gasteiger partial charge in [0.2, 0.25) is 0 Å². The molecule has 43 heavy (non-hydrogen) atoms. The van der Waals surface area contributed by atoms with Crippen LogP contribution in [-0.2, 0) is 9.47 Å². The summed E-state index contributed by atoms with van der Waals surface area (Å²) < 4.78 is 10.2. The van der Waals surface area contributed by atoms with Crippen LogP contribution in [0.3, 0.4) is 0 Å². The van der Waals surface area contributed by atoms with Crippen molar-refractivity contribution in [2.45, 2.75) is 170 Å². The number of hydrogen-bond acceptors (Lipinski definition) is 3. The van der Waals surface area contributed by atoms with Gasteiger partial charge in [-0.15, -0.1) is 0 Å². The molecule has 3 saturated heterocycles. The molecule has 7 aliphatic rings. The van der Waals surface area contributed by atoms with Gasteiger partial charge in [0, 0.05) is 26.4 Å². The van der Waals surface area contributed by atoms with Crippen molar-refractivity contribution >= 4 is 0 Å². The van der Waals surface area contributed by atoms with Gasteiger partial charge < -0.3 is 14.4 Å². The average molecular weight is 606 g/mol. The van der Waals surface area contributed by atoms with E-state index >= 15 is 0 Å². The van der Waals surface area contributed by atoms with E-state index in [1.807, 2.05) is 0 Å². The molecule has 0 unspecified atom stereocenters. The lowest BCUT2D eigenvalue weighted by atomic mass is 9.88. The van der Waals surface area contributed by atoms with Crippen LogP contribution in [0.2, 0.25) is 0 Å². The number of ether oxygens (including phenoxy) is 2. The van der Waals surface area contributed by atoms with Crippen LogP contribution >= 0.6 is 0 Å². The Kier molecular flexibility index (Phi) is 26.4. The Morgan fingerprint density at radius 1 is 0.512 bits per heavy atom. The predicted octanol–water partition coefficient (Wildman–Crippen LogP) is 11.9. The SMILES string of the molecule is CC1=CCCC1.CC1CCC1.CC1CCCC1.CC1CCCCC1.CC1CCOCC1.CN1CCCC1.C[C@H]1CCOC1. The number of nitrogens with zero attached hydrogens (tertiary/aromatic N) is 1. The van der Waals surface area contributed by atoms with Crippen LogP contribution in [0.25, 0.3) is 0 Å². The van der Waals surface area contributed by atoms with Crippen molar-refractivity contribution in [1.82, 2.24) is 4.90 Å². The highest BCUT2D eigenvalue weighted by Crippen LogP contribution is 2.24. The van der Waals surface area contributed by atoms with Gasteiger partial charge in [-0.2, -0.15) is 0 Å². The molecule has 3 heteroatoms. The summed E-state index contributed by atoms with van der Waals surface area (Å²) in [6.07, 6.45) is 30.8. The van der Waals surface area contributed by atoms with E-state index < -0.39 is 0 Å². The molecular formula is C40H79NO2. The van der Waals surface area contributed by atoms with Crippen molar-refractivity contribution in [3.05, 3.63) is 11.6 Å². The molecule has 0 amide bonds. The second-order valence-electron chi connectivity index (χ2n) is 15.4. The lowest BCUT2D eigenvalue weighted by Crippen LogP contribution is -2.12. The monoisotopic (exact) mass is 606 g/mol. The van der Waals surface area contributed by atoms with Gasteiger partial charge in [-0.3, -0.25) is 0 Å². The molecule has 0 N–H and O–H groups in total. The van der Waals surface area contributed by atoms with E-state index in [4.69, 9.17) is 9.47 Å². The fourth-order valence-corrected chi connectivity index (χ4v) is 6.22. The molecule has 3 nitrogen and oxygen atoms in total. The van der Waals surface area contributed by atoms with E-state index in [0.717, 1.165) is 56.0 Å². The summed E-state index contributed by atoms with van der Waals surface area (Å²) in [5.74, 6) is 4.88. The molecule has 0 aromatic carbocycles. The van der Waals surface area contributed by atoms with Crippen molar-refractivity contribution < 1.29 is 9.47 Å². The summed E-state index contributed by atoms with van der Waals surface area (Å²) >= 11 is 0. The minimum absolute atomic E-state index is 0.824. The summed E-state index contributed by atoms with van der Waals surface area (Å²) in [5, 5.41) is 0. The van der Waals surface area contributed by atoms with E-state index in [2.05, 4.69) is 59.6 Å². The second-order valence-corrected chi connectivity index (χ2v) is 15.4. The molecule has 0 spiro atoms. The summed E-state index contributed by atoms with van der Waals surface area (Å²) in [6.45, 7) is 20.3. The molecule has 0 aromatic rings. The Morgan fingerprint density at radius 3 is 1.12 bits per heavy atom. The fraction of sp³-hybridized carbons (Fsp3) is 0.950. The van der Waals surface area contributed by atoms with Crippen LogP contribution in [0.4, 0.5) is 0 Å². The van der Waals surface area contributed by atoms with Gasteiger partial charge in [-0.1, -0.05) is 123 Å². The van der Waals surface area contributed by atoms with E-state index in [0.29, 0.717) is 0 Å². The zero-order chi connectivity index (χ0) is 31.5. The Bertz CT molecular complexity index is 551.